The zero-order valence-corrected chi connectivity index (χ0v) is 30.4. The standard InChI is InChI=1S/C20H26O3S.C14H22O3.C4H8O/c1-6-20(5)14(2)21-16(17-18(20)23-19(3,4)22-17)12-13-24-15-10-8-7-9-11-15;1-7-10-11-12(17-13(4,5)16-11)14(6,8-2)9(3)15-10;1-2-4-5-3-1/h7-11,14,16-18H,6H2,1-5H3;1,9-12H,8H2,2-6H3;1-4H2/t14?,16-,17-,18-,20?;9?,10-,11-,12-,14?;/m00./s1. The summed E-state index contributed by atoms with van der Waals surface area (Å²) < 4.78 is 41.5. The van der Waals surface area contributed by atoms with Crippen molar-refractivity contribution in [3.63, 3.8) is 0 Å². The first-order valence-electron chi connectivity index (χ1n) is 17.0. The molecule has 7 nitrogen and oxygen atoms in total. The smallest absolute Gasteiger partial charge is 0.163 e. The lowest BCUT2D eigenvalue weighted by atomic mass is 9.72. The fourth-order valence-corrected chi connectivity index (χ4v) is 7.37. The summed E-state index contributed by atoms with van der Waals surface area (Å²) in [5.41, 5.74) is -0.116. The Morgan fingerprint density at radius 2 is 1.22 bits per heavy atom. The number of ether oxygens (including phenoxy) is 7. The van der Waals surface area contributed by atoms with Crippen LogP contribution in [0.4, 0.5) is 0 Å². The third kappa shape index (κ3) is 8.33. The molecule has 5 saturated heterocycles. The van der Waals surface area contributed by atoms with E-state index in [1.165, 1.54) is 24.6 Å². The minimum atomic E-state index is -0.592. The Kier molecular flexibility index (Phi) is 12.4. The lowest BCUT2D eigenvalue weighted by Crippen LogP contribution is -2.57. The molecule has 0 aromatic heterocycles. The van der Waals surface area contributed by atoms with Gasteiger partial charge in [-0.1, -0.05) is 57.7 Å². The molecule has 256 valence electrons. The van der Waals surface area contributed by atoms with Gasteiger partial charge in [-0.2, -0.15) is 0 Å². The second-order valence-corrected chi connectivity index (χ2v) is 15.2. The van der Waals surface area contributed by atoms with Crippen molar-refractivity contribution in [1.82, 2.24) is 0 Å². The van der Waals surface area contributed by atoms with Crippen molar-refractivity contribution in [2.75, 3.05) is 13.2 Å². The highest BCUT2D eigenvalue weighted by molar-refractivity contribution is 8.03. The Bertz CT molecular complexity index is 1220. The second-order valence-electron chi connectivity index (χ2n) is 14.3. The molecule has 5 aliphatic heterocycles. The molecule has 0 amide bonds. The first-order valence-corrected chi connectivity index (χ1v) is 17.8. The van der Waals surface area contributed by atoms with Gasteiger partial charge in [-0.15, -0.1) is 6.42 Å². The predicted molar refractivity (Wildman–Crippen MR) is 182 cm³/mol. The molecule has 46 heavy (non-hydrogen) atoms. The van der Waals surface area contributed by atoms with Crippen LogP contribution in [0.1, 0.15) is 94.9 Å². The van der Waals surface area contributed by atoms with Gasteiger partial charge >= 0.3 is 0 Å². The normalized spacial score (nSPS) is 40.0. The Balaban J connectivity index is 0.000000189. The fourth-order valence-electron chi connectivity index (χ4n) is 6.78. The van der Waals surface area contributed by atoms with Crippen LogP contribution in [0.15, 0.2) is 35.2 Å². The van der Waals surface area contributed by atoms with Crippen LogP contribution >= 0.6 is 11.8 Å². The molecule has 0 aliphatic carbocycles. The van der Waals surface area contributed by atoms with Crippen molar-refractivity contribution in [3.05, 3.63) is 30.3 Å². The van der Waals surface area contributed by atoms with Crippen LogP contribution in [0.2, 0.25) is 0 Å². The monoisotopic (exact) mass is 656 g/mol. The van der Waals surface area contributed by atoms with Crippen molar-refractivity contribution < 1.29 is 33.2 Å². The number of hydrogen-bond donors (Lipinski definition) is 0. The average Bonchev–Trinajstić information content (AvgIpc) is 3.78. The maximum Gasteiger partial charge on any atom is 0.163 e. The van der Waals surface area contributed by atoms with E-state index in [1.54, 1.807) is 0 Å². The number of terminal acetylenes is 1. The van der Waals surface area contributed by atoms with Crippen LogP contribution < -0.4 is 0 Å². The summed E-state index contributed by atoms with van der Waals surface area (Å²) >= 11 is 1.52. The summed E-state index contributed by atoms with van der Waals surface area (Å²) in [4.78, 5) is 1.13. The SMILES string of the molecule is C#C[C@@H]1OC(C)C(C)(CC)[C@H]2OC(C)(C)O[C@@H]12.C1CCOC1.CCC1(C)C(C)O[C@@H](C#CSc2ccccc2)[C@@H]2OC(C)(C)O[C@@H]21. The summed E-state index contributed by atoms with van der Waals surface area (Å²) in [5.74, 6) is 4.77. The zero-order valence-electron chi connectivity index (χ0n) is 29.6. The molecular formula is C38H56O7S. The number of rotatable bonds is 3. The highest BCUT2D eigenvalue weighted by Crippen LogP contribution is 2.49. The van der Waals surface area contributed by atoms with Crippen LogP contribution in [0.3, 0.4) is 0 Å². The molecule has 4 unspecified atom stereocenters. The first kappa shape index (κ1) is 37.2. The van der Waals surface area contributed by atoms with Crippen molar-refractivity contribution >= 4 is 11.8 Å². The van der Waals surface area contributed by atoms with Crippen molar-refractivity contribution in [3.8, 4) is 23.5 Å². The van der Waals surface area contributed by atoms with E-state index < -0.39 is 11.6 Å². The summed E-state index contributed by atoms with van der Waals surface area (Å²) in [6.45, 7) is 22.7. The predicted octanol–water partition coefficient (Wildman–Crippen LogP) is 7.60. The summed E-state index contributed by atoms with van der Waals surface area (Å²) in [7, 11) is 0. The van der Waals surface area contributed by atoms with Gasteiger partial charge in [-0.25, -0.2) is 0 Å². The van der Waals surface area contributed by atoms with Gasteiger partial charge in [0.1, 0.15) is 24.4 Å². The third-order valence-corrected chi connectivity index (χ3v) is 11.1. The minimum Gasteiger partial charge on any atom is -0.381 e. The molecule has 5 aliphatic rings. The topological polar surface area (TPSA) is 64.6 Å². The molecule has 0 N–H and O–H groups in total. The van der Waals surface area contributed by atoms with E-state index in [2.05, 4.69) is 70.8 Å². The van der Waals surface area contributed by atoms with E-state index in [9.17, 15) is 0 Å². The lowest BCUT2D eigenvalue weighted by molar-refractivity contribution is -0.178. The number of benzene rings is 1. The van der Waals surface area contributed by atoms with Crippen molar-refractivity contribution in [2.45, 2.75) is 160 Å². The van der Waals surface area contributed by atoms with Crippen LogP contribution in [-0.4, -0.2) is 73.6 Å². The Labute approximate surface area is 282 Å². The number of fused-ring (bicyclic) bond motifs is 2. The summed E-state index contributed by atoms with van der Waals surface area (Å²) in [5, 5.41) is 3.18. The van der Waals surface area contributed by atoms with Gasteiger partial charge in [0.25, 0.3) is 0 Å². The fraction of sp³-hybridized carbons (Fsp3) is 0.737. The molecule has 0 saturated carbocycles. The number of hydrogen-bond acceptors (Lipinski definition) is 8. The molecular weight excluding hydrogens is 600 g/mol. The molecule has 6 rings (SSSR count). The maximum absolute atomic E-state index is 6.25. The molecule has 5 fully saturated rings. The molecule has 0 bridgehead atoms. The van der Waals surface area contributed by atoms with Gasteiger partial charge in [0.05, 0.1) is 24.4 Å². The lowest BCUT2D eigenvalue weighted by Gasteiger charge is -2.47. The Morgan fingerprint density at radius 1 is 0.739 bits per heavy atom. The molecule has 0 radical (unpaired) electrons. The highest BCUT2D eigenvalue weighted by atomic mass is 32.2. The highest BCUT2D eigenvalue weighted by Gasteiger charge is 2.59. The molecule has 8 heteroatoms. The quantitative estimate of drug-likeness (QED) is 0.244. The van der Waals surface area contributed by atoms with E-state index in [-0.39, 0.29) is 59.7 Å². The summed E-state index contributed by atoms with van der Waals surface area (Å²) in [6.07, 6.45) is 9.32. The van der Waals surface area contributed by atoms with Gasteiger partial charge in [0.2, 0.25) is 0 Å². The third-order valence-electron chi connectivity index (χ3n) is 10.3. The Hall–Kier alpha value is -1.59. The Morgan fingerprint density at radius 3 is 1.65 bits per heavy atom. The van der Waals surface area contributed by atoms with E-state index in [4.69, 9.17) is 39.6 Å². The molecule has 1 aromatic carbocycles. The van der Waals surface area contributed by atoms with E-state index in [0.29, 0.717) is 0 Å². The largest absolute Gasteiger partial charge is 0.381 e. The molecule has 5 heterocycles. The van der Waals surface area contributed by atoms with Crippen LogP contribution in [0, 0.1) is 34.3 Å². The molecule has 0 spiro atoms. The minimum absolute atomic E-state index is 0.00211. The average molecular weight is 657 g/mol. The van der Waals surface area contributed by atoms with E-state index in [0.717, 1.165) is 31.0 Å². The van der Waals surface area contributed by atoms with Crippen molar-refractivity contribution in [1.29, 1.82) is 0 Å². The van der Waals surface area contributed by atoms with Crippen LogP contribution in [-0.2, 0) is 33.2 Å². The van der Waals surface area contributed by atoms with E-state index in [1.807, 2.05) is 45.9 Å². The van der Waals surface area contributed by atoms with Gasteiger partial charge in [-0.05, 0) is 96.4 Å². The van der Waals surface area contributed by atoms with Gasteiger partial charge in [-0.3, -0.25) is 0 Å². The van der Waals surface area contributed by atoms with Gasteiger partial charge in [0, 0.05) is 28.9 Å². The summed E-state index contributed by atoms with van der Waals surface area (Å²) in [6, 6.07) is 10.1. The molecule has 1 aromatic rings. The van der Waals surface area contributed by atoms with Crippen LogP contribution in [0.25, 0.3) is 0 Å². The van der Waals surface area contributed by atoms with Crippen LogP contribution in [0.5, 0.6) is 0 Å². The zero-order chi connectivity index (χ0) is 33.8. The van der Waals surface area contributed by atoms with Gasteiger partial charge in [0.15, 0.2) is 11.6 Å². The van der Waals surface area contributed by atoms with E-state index >= 15 is 0 Å². The molecule has 10 atom stereocenters. The number of thioether (sulfide) groups is 1. The van der Waals surface area contributed by atoms with Crippen molar-refractivity contribution in [2.24, 2.45) is 10.8 Å². The second kappa shape index (κ2) is 15.3. The first-order chi connectivity index (χ1) is 21.7. The maximum atomic E-state index is 6.25. The van der Waals surface area contributed by atoms with Gasteiger partial charge < -0.3 is 33.2 Å².